The molecule has 0 unspecified atom stereocenters. The topological polar surface area (TPSA) is 50.1 Å². The van der Waals surface area contributed by atoms with Gasteiger partial charge in [-0.25, -0.2) is 4.98 Å². The molecule has 136 valence electrons. The van der Waals surface area contributed by atoms with Gasteiger partial charge in [0, 0.05) is 52.1 Å². The lowest BCUT2D eigenvalue weighted by Gasteiger charge is -2.40. The quantitative estimate of drug-likeness (QED) is 0.835. The fourth-order valence-corrected chi connectivity index (χ4v) is 3.66. The van der Waals surface area contributed by atoms with Crippen LogP contribution in [0.1, 0.15) is 31.9 Å². The molecule has 3 heterocycles. The summed E-state index contributed by atoms with van der Waals surface area (Å²) in [4.78, 5) is 21.4. The minimum absolute atomic E-state index is 0.135. The van der Waals surface area contributed by atoms with Gasteiger partial charge in [-0.2, -0.15) is 0 Å². The smallest absolute Gasteiger partial charge is 0.224 e. The van der Waals surface area contributed by atoms with Gasteiger partial charge in [0.2, 0.25) is 5.91 Å². The molecule has 6 nitrogen and oxygen atoms in total. The first-order chi connectivity index (χ1) is 11.9. The minimum atomic E-state index is -0.135. The maximum Gasteiger partial charge on any atom is 0.224 e. The average Bonchev–Trinajstić information content (AvgIpc) is 3.07. The van der Waals surface area contributed by atoms with Gasteiger partial charge in [0.05, 0.1) is 24.2 Å². The van der Waals surface area contributed by atoms with E-state index >= 15 is 0 Å². The van der Waals surface area contributed by atoms with E-state index in [0.717, 1.165) is 36.4 Å². The van der Waals surface area contributed by atoms with Gasteiger partial charge in [-0.1, -0.05) is 6.92 Å². The number of carbonyl (C=O) groups excluding carboxylic acids is 1. The fourth-order valence-electron chi connectivity index (χ4n) is 3.66. The Morgan fingerprint density at radius 1 is 1.44 bits per heavy atom. The van der Waals surface area contributed by atoms with E-state index in [4.69, 9.17) is 9.72 Å². The van der Waals surface area contributed by atoms with Gasteiger partial charge in [-0.3, -0.25) is 4.79 Å². The van der Waals surface area contributed by atoms with Crippen molar-refractivity contribution in [2.24, 2.45) is 0 Å². The van der Waals surface area contributed by atoms with Gasteiger partial charge in [0.25, 0.3) is 0 Å². The second-order valence-electron chi connectivity index (χ2n) is 7.37. The summed E-state index contributed by atoms with van der Waals surface area (Å²) in [6.07, 6.45) is 6.65. The number of methoxy groups -OCH3 is 1. The predicted octanol–water partition coefficient (Wildman–Crippen LogP) is 2.32. The first kappa shape index (κ1) is 17.7. The van der Waals surface area contributed by atoms with E-state index in [0.29, 0.717) is 19.6 Å². The van der Waals surface area contributed by atoms with Gasteiger partial charge >= 0.3 is 0 Å². The number of hydrogen-bond donors (Lipinski definition) is 0. The van der Waals surface area contributed by atoms with Crippen LogP contribution in [0.5, 0.6) is 0 Å². The van der Waals surface area contributed by atoms with Crippen molar-refractivity contribution in [2.75, 3.05) is 45.8 Å². The molecule has 1 amide bonds. The van der Waals surface area contributed by atoms with Crippen molar-refractivity contribution in [1.29, 1.82) is 0 Å². The number of nitrogens with zero attached hydrogens (tertiary/aromatic N) is 4. The van der Waals surface area contributed by atoms with E-state index < -0.39 is 0 Å². The van der Waals surface area contributed by atoms with Gasteiger partial charge < -0.3 is 18.9 Å². The number of carbonyl (C=O) groups is 1. The third kappa shape index (κ3) is 3.49. The Labute approximate surface area is 149 Å². The van der Waals surface area contributed by atoms with Crippen LogP contribution in [0, 0.1) is 0 Å². The number of ether oxygens (including phenoxy) is 1. The Balaban J connectivity index is 1.91. The summed E-state index contributed by atoms with van der Waals surface area (Å²) in [6, 6.07) is 4.12. The molecule has 1 aliphatic rings. The monoisotopic (exact) mass is 344 g/mol. The summed E-state index contributed by atoms with van der Waals surface area (Å²) in [5.74, 6) is 1.13. The van der Waals surface area contributed by atoms with Crippen LogP contribution in [0.25, 0.3) is 5.52 Å². The van der Waals surface area contributed by atoms with Gasteiger partial charge in [-0.05, 0) is 25.0 Å². The van der Waals surface area contributed by atoms with Crippen molar-refractivity contribution in [3.63, 3.8) is 0 Å². The number of likely N-dealkylation sites (tertiary alicyclic amines) is 1. The summed E-state index contributed by atoms with van der Waals surface area (Å²) in [5.41, 5.74) is 2.01. The molecule has 0 aromatic carbocycles. The molecule has 0 N–H and O–H groups in total. The highest BCUT2D eigenvalue weighted by Crippen LogP contribution is 2.34. The zero-order valence-electron chi connectivity index (χ0n) is 15.7. The molecule has 3 rings (SSSR count). The van der Waals surface area contributed by atoms with Crippen LogP contribution < -0.4 is 4.90 Å². The Morgan fingerprint density at radius 2 is 2.24 bits per heavy atom. The molecule has 1 fully saturated rings. The minimum Gasteiger partial charge on any atom is -0.384 e. The summed E-state index contributed by atoms with van der Waals surface area (Å²) < 4.78 is 7.19. The van der Waals surface area contributed by atoms with Crippen molar-refractivity contribution >= 4 is 17.2 Å². The zero-order chi connectivity index (χ0) is 18.0. The SMILES string of the molecule is COCCC(=O)N1CCC[C@](C)(c2cn3cccc3c(N(C)C)n2)C1. The molecular weight excluding hydrogens is 316 g/mol. The maximum atomic E-state index is 12.4. The van der Waals surface area contributed by atoms with Crippen LogP contribution in [0.3, 0.4) is 0 Å². The van der Waals surface area contributed by atoms with Gasteiger partial charge in [-0.15, -0.1) is 0 Å². The summed E-state index contributed by atoms with van der Waals surface area (Å²) >= 11 is 0. The van der Waals surface area contributed by atoms with Crippen LogP contribution in [0.2, 0.25) is 0 Å². The van der Waals surface area contributed by atoms with Crippen molar-refractivity contribution < 1.29 is 9.53 Å². The molecule has 0 bridgehead atoms. The molecule has 0 aliphatic carbocycles. The van der Waals surface area contributed by atoms with E-state index in [1.165, 1.54) is 0 Å². The van der Waals surface area contributed by atoms with E-state index in [-0.39, 0.29) is 11.3 Å². The number of aromatic nitrogens is 2. The van der Waals surface area contributed by atoms with Crippen LogP contribution in [-0.2, 0) is 14.9 Å². The molecule has 6 heteroatoms. The highest BCUT2D eigenvalue weighted by molar-refractivity contribution is 5.76. The van der Waals surface area contributed by atoms with E-state index in [1.807, 2.05) is 30.0 Å². The second kappa shape index (κ2) is 7.04. The summed E-state index contributed by atoms with van der Waals surface area (Å²) in [6.45, 7) is 4.23. The van der Waals surface area contributed by atoms with E-state index in [1.54, 1.807) is 7.11 Å². The fraction of sp³-hybridized carbons (Fsp3) is 0.579. The zero-order valence-corrected chi connectivity index (χ0v) is 15.7. The van der Waals surface area contributed by atoms with Crippen LogP contribution in [-0.4, -0.2) is 61.1 Å². The van der Waals surface area contributed by atoms with Crippen molar-refractivity contribution in [3.8, 4) is 0 Å². The third-order valence-corrected chi connectivity index (χ3v) is 5.11. The van der Waals surface area contributed by atoms with Crippen molar-refractivity contribution in [2.45, 2.75) is 31.6 Å². The molecule has 2 aromatic rings. The molecular formula is C19H28N4O2. The van der Waals surface area contributed by atoms with Crippen molar-refractivity contribution in [3.05, 3.63) is 30.2 Å². The van der Waals surface area contributed by atoms with E-state index in [2.05, 4.69) is 29.8 Å². The Bertz CT molecular complexity index is 755. The average molecular weight is 344 g/mol. The van der Waals surface area contributed by atoms with Gasteiger partial charge in [0.15, 0.2) is 5.82 Å². The Hall–Kier alpha value is -2.08. The molecule has 0 saturated carbocycles. The lowest BCUT2D eigenvalue weighted by atomic mass is 9.79. The normalized spacial score (nSPS) is 20.9. The standard InChI is InChI=1S/C19H28N4O2/c1-19(9-6-11-23(14-19)17(24)8-12-25-4)16-13-22-10-5-7-15(22)18(20-16)21(2)3/h5,7,10,13H,6,8-9,11-12,14H2,1-4H3/t19-/m0/s1. The number of anilines is 1. The summed E-state index contributed by atoms with van der Waals surface area (Å²) in [7, 11) is 5.67. The van der Waals surface area contributed by atoms with Crippen molar-refractivity contribution in [1.82, 2.24) is 14.3 Å². The predicted molar refractivity (Wildman–Crippen MR) is 99.2 cm³/mol. The largest absolute Gasteiger partial charge is 0.384 e. The molecule has 1 aliphatic heterocycles. The molecule has 25 heavy (non-hydrogen) atoms. The number of amides is 1. The van der Waals surface area contributed by atoms with Crippen LogP contribution >= 0.6 is 0 Å². The van der Waals surface area contributed by atoms with Crippen LogP contribution in [0.4, 0.5) is 5.82 Å². The third-order valence-electron chi connectivity index (χ3n) is 5.11. The van der Waals surface area contributed by atoms with E-state index in [9.17, 15) is 4.79 Å². The molecule has 1 saturated heterocycles. The number of fused-ring (bicyclic) bond motifs is 1. The Kier molecular flexibility index (Phi) is 4.99. The Morgan fingerprint density at radius 3 is 2.96 bits per heavy atom. The highest BCUT2D eigenvalue weighted by Gasteiger charge is 2.36. The lowest BCUT2D eigenvalue weighted by Crippen LogP contribution is -2.47. The highest BCUT2D eigenvalue weighted by atomic mass is 16.5. The molecule has 0 spiro atoms. The van der Waals surface area contributed by atoms with Crippen LogP contribution in [0.15, 0.2) is 24.5 Å². The molecule has 2 aromatic heterocycles. The second-order valence-corrected chi connectivity index (χ2v) is 7.37. The first-order valence-corrected chi connectivity index (χ1v) is 8.87. The number of rotatable bonds is 5. The lowest BCUT2D eigenvalue weighted by molar-refractivity contribution is -0.134. The molecule has 1 atom stereocenters. The number of hydrogen-bond acceptors (Lipinski definition) is 4. The maximum absolute atomic E-state index is 12.4. The molecule has 0 radical (unpaired) electrons. The summed E-state index contributed by atoms with van der Waals surface area (Å²) in [5, 5.41) is 0. The van der Waals surface area contributed by atoms with Gasteiger partial charge in [0.1, 0.15) is 0 Å². The number of piperidine rings is 1. The first-order valence-electron chi connectivity index (χ1n) is 8.87.